The van der Waals surface area contributed by atoms with Crippen LogP contribution in [0.5, 0.6) is 0 Å². The van der Waals surface area contributed by atoms with Crippen LogP contribution in [0.15, 0.2) is 24.4 Å². The second-order valence-electron chi connectivity index (χ2n) is 4.60. The van der Waals surface area contributed by atoms with Crippen LogP contribution in [0.4, 0.5) is 11.4 Å². The highest BCUT2D eigenvalue weighted by Crippen LogP contribution is 2.32. The Morgan fingerprint density at radius 1 is 1.30 bits per heavy atom. The van der Waals surface area contributed by atoms with Gasteiger partial charge in [-0.25, -0.2) is 4.98 Å². The Morgan fingerprint density at radius 2 is 1.95 bits per heavy atom. The minimum atomic E-state index is -0.403. The average molecular weight is 275 g/mol. The van der Waals surface area contributed by atoms with Gasteiger partial charge in [0, 0.05) is 11.4 Å². The first kappa shape index (κ1) is 15.9. The molecular formula is C15H21N3O2. The van der Waals surface area contributed by atoms with Crippen LogP contribution in [0.3, 0.4) is 0 Å². The lowest BCUT2D eigenvalue weighted by atomic mass is 10.1. The summed E-state index contributed by atoms with van der Waals surface area (Å²) in [7, 11) is 0. The smallest absolute Gasteiger partial charge is 0.311 e. The largest absolute Gasteiger partial charge is 0.377 e. The van der Waals surface area contributed by atoms with Crippen molar-refractivity contribution in [1.82, 2.24) is 4.98 Å². The van der Waals surface area contributed by atoms with Crippen LogP contribution >= 0.6 is 0 Å². The topological polar surface area (TPSA) is 68.1 Å². The van der Waals surface area contributed by atoms with Gasteiger partial charge in [-0.2, -0.15) is 0 Å². The molecule has 20 heavy (non-hydrogen) atoms. The molecule has 0 atom stereocenters. The maximum absolute atomic E-state index is 11.1. The highest BCUT2D eigenvalue weighted by atomic mass is 16.6. The summed E-state index contributed by atoms with van der Waals surface area (Å²) in [5.74, 6) is 0. The molecule has 0 fully saturated rings. The first-order valence-corrected chi connectivity index (χ1v) is 6.79. The van der Waals surface area contributed by atoms with E-state index in [4.69, 9.17) is 0 Å². The van der Waals surface area contributed by atoms with Crippen molar-refractivity contribution in [3.63, 3.8) is 0 Å². The molecule has 0 bridgehead atoms. The fourth-order valence-electron chi connectivity index (χ4n) is 1.87. The molecule has 0 aliphatic carbocycles. The third-order valence-corrected chi connectivity index (χ3v) is 2.63. The summed E-state index contributed by atoms with van der Waals surface area (Å²) in [6.07, 6.45) is 1.31. The third-order valence-electron chi connectivity index (χ3n) is 2.63. The summed E-state index contributed by atoms with van der Waals surface area (Å²) in [5.41, 5.74) is 2.37. The number of benzene rings is 1. The van der Waals surface area contributed by atoms with Crippen LogP contribution in [0.2, 0.25) is 0 Å². The molecule has 0 spiro atoms. The molecule has 0 amide bonds. The summed E-state index contributed by atoms with van der Waals surface area (Å²) in [4.78, 5) is 14.8. The summed E-state index contributed by atoms with van der Waals surface area (Å²) >= 11 is 0. The molecule has 1 N–H and O–H groups in total. The van der Waals surface area contributed by atoms with Gasteiger partial charge in [0.25, 0.3) is 0 Å². The third kappa shape index (κ3) is 3.44. The van der Waals surface area contributed by atoms with Crippen molar-refractivity contribution >= 4 is 22.3 Å². The quantitative estimate of drug-likeness (QED) is 0.670. The van der Waals surface area contributed by atoms with Crippen molar-refractivity contribution in [2.75, 3.05) is 5.32 Å². The number of aryl methyl sites for hydroxylation is 1. The van der Waals surface area contributed by atoms with E-state index in [0.717, 1.165) is 16.5 Å². The molecule has 1 heterocycles. The van der Waals surface area contributed by atoms with E-state index >= 15 is 0 Å². The Bertz CT molecular complexity index is 609. The van der Waals surface area contributed by atoms with Gasteiger partial charge in [-0.15, -0.1) is 0 Å². The summed E-state index contributed by atoms with van der Waals surface area (Å²) in [6, 6.07) is 5.86. The van der Waals surface area contributed by atoms with E-state index in [9.17, 15) is 10.1 Å². The van der Waals surface area contributed by atoms with E-state index < -0.39 is 4.92 Å². The van der Waals surface area contributed by atoms with Gasteiger partial charge < -0.3 is 5.32 Å². The van der Waals surface area contributed by atoms with E-state index in [1.807, 2.05) is 52.8 Å². The predicted molar refractivity (Wildman–Crippen MR) is 83.2 cm³/mol. The lowest BCUT2D eigenvalue weighted by Gasteiger charge is -2.13. The zero-order valence-corrected chi connectivity index (χ0v) is 12.6. The maximum atomic E-state index is 11.1. The normalized spacial score (nSPS) is 10.1. The van der Waals surface area contributed by atoms with Crippen molar-refractivity contribution in [3.05, 3.63) is 40.1 Å². The zero-order valence-electron chi connectivity index (χ0n) is 12.6. The van der Waals surface area contributed by atoms with Crippen molar-refractivity contribution in [2.24, 2.45) is 0 Å². The number of nitrogens with zero attached hydrogens (tertiary/aromatic N) is 2. The molecule has 0 aliphatic rings. The number of nitrogens with one attached hydrogen (secondary N) is 1. The number of fused-ring (bicyclic) bond motifs is 1. The van der Waals surface area contributed by atoms with Gasteiger partial charge in [0.15, 0.2) is 0 Å². The van der Waals surface area contributed by atoms with E-state index in [1.165, 1.54) is 6.20 Å². The van der Waals surface area contributed by atoms with Crippen LogP contribution in [0.25, 0.3) is 10.9 Å². The average Bonchev–Trinajstić information content (AvgIpc) is 2.40. The molecule has 0 unspecified atom stereocenters. The van der Waals surface area contributed by atoms with Crippen molar-refractivity contribution < 1.29 is 4.92 Å². The number of aromatic nitrogens is 1. The monoisotopic (exact) mass is 275 g/mol. The number of nitro groups is 1. The highest BCUT2D eigenvalue weighted by molar-refractivity contribution is 5.96. The van der Waals surface area contributed by atoms with Crippen LogP contribution in [-0.2, 0) is 0 Å². The van der Waals surface area contributed by atoms with Gasteiger partial charge in [-0.3, -0.25) is 10.1 Å². The van der Waals surface area contributed by atoms with Gasteiger partial charge in [0.2, 0.25) is 0 Å². The van der Waals surface area contributed by atoms with Gasteiger partial charge in [-0.1, -0.05) is 25.5 Å². The molecule has 5 heteroatoms. The molecule has 2 aromatic rings. The molecule has 0 radical (unpaired) electrons. The van der Waals surface area contributed by atoms with Crippen LogP contribution in [0.1, 0.15) is 33.3 Å². The van der Waals surface area contributed by atoms with E-state index in [1.54, 1.807) is 0 Å². The molecule has 0 saturated heterocycles. The summed E-state index contributed by atoms with van der Waals surface area (Å²) < 4.78 is 0. The first-order chi connectivity index (χ1) is 9.49. The fraction of sp³-hybridized carbons (Fsp3) is 0.400. The van der Waals surface area contributed by atoms with E-state index in [2.05, 4.69) is 10.3 Å². The summed E-state index contributed by atoms with van der Waals surface area (Å²) in [5, 5.41) is 15.0. The van der Waals surface area contributed by atoms with E-state index in [-0.39, 0.29) is 11.7 Å². The lowest BCUT2D eigenvalue weighted by molar-refractivity contribution is -0.384. The van der Waals surface area contributed by atoms with Gasteiger partial charge >= 0.3 is 5.69 Å². The van der Waals surface area contributed by atoms with Crippen molar-refractivity contribution in [1.29, 1.82) is 0 Å². The minimum absolute atomic E-state index is 0.0156. The Labute approximate surface area is 119 Å². The van der Waals surface area contributed by atoms with Crippen LogP contribution in [-0.4, -0.2) is 15.9 Å². The molecule has 0 saturated carbocycles. The Kier molecular flexibility index (Phi) is 5.43. The van der Waals surface area contributed by atoms with Crippen LogP contribution < -0.4 is 5.32 Å². The van der Waals surface area contributed by atoms with Crippen molar-refractivity contribution in [3.8, 4) is 0 Å². The zero-order chi connectivity index (χ0) is 15.3. The molecular weight excluding hydrogens is 254 g/mol. The Morgan fingerprint density at radius 3 is 2.50 bits per heavy atom. The Balaban J connectivity index is 0.000000956. The number of pyridine rings is 1. The number of hydrogen-bond donors (Lipinski definition) is 1. The molecule has 108 valence electrons. The molecule has 1 aromatic carbocycles. The number of hydrogen-bond acceptors (Lipinski definition) is 4. The SMILES string of the molecule is CC.Cc1ccc2ncc([N+](=O)[O-])c(NC(C)C)c2c1. The Hall–Kier alpha value is -2.17. The van der Waals surface area contributed by atoms with E-state index in [0.29, 0.717) is 5.69 Å². The molecule has 1 aromatic heterocycles. The van der Waals surface area contributed by atoms with Gasteiger partial charge in [-0.05, 0) is 32.9 Å². The predicted octanol–water partition coefficient (Wildman–Crippen LogP) is 4.30. The maximum Gasteiger partial charge on any atom is 0.311 e. The lowest BCUT2D eigenvalue weighted by Crippen LogP contribution is -2.12. The molecule has 5 nitrogen and oxygen atoms in total. The molecule has 0 aliphatic heterocycles. The minimum Gasteiger partial charge on any atom is -0.377 e. The second kappa shape index (κ2) is 6.84. The molecule has 2 rings (SSSR count). The fourth-order valence-corrected chi connectivity index (χ4v) is 1.87. The van der Waals surface area contributed by atoms with Gasteiger partial charge in [0.1, 0.15) is 11.9 Å². The van der Waals surface area contributed by atoms with Gasteiger partial charge in [0.05, 0.1) is 10.4 Å². The van der Waals surface area contributed by atoms with Crippen molar-refractivity contribution in [2.45, 2.75) is 40.7 Å². The standard InChI is InChI=1S/C13H15N3O2.C2H6/c1-8(2)15-13-10-6-9(3)4-5-11(10)14-7-12(13)16(17)18;1-2/h4-8H,1-3H3,(H,14,15);1-2H3. The number of rotatable bonds is 3. The summed E-state index contributed by atoms with van der Waals surface area (Å²) in [6.45, 7) is 9.86. The number of anilines is 1. The highest BCUT2D eigenvalue weighted by Gasteiger charge is 2.18. The first-order valence-electron chi connectivity index (χ1n) is 6.79. The second-order valence-corrected chi connectivity index (χ2v) is 4.60. The van der Waals surface area contributed by atoms with Crippen LogP contribution in [0, 0.1) is 17.0 Å².